The third-order valence-electron chi connectivity index (χ3n) is 2.57. The molecule has 0 heterocycles. The van der Waals surface area contributed by atoms with Crippen molar-refractivity contribution >= 4 is 5.97 Å². The highest BCUT2D eigenvalue weighted by Crippen LogP contribution is 2.20. The number of hydrogen-bond acceptors (Lipinski definition) is 4. The van der Waals surface area contributed by atoms with Gasteiger partial charge in [-0.05, 0) is 12.8 Å². The standard InChI is InChI=1S/C10H19NO3/c1-13-10(12)9(11)7-14-8-5-3-2-4-6-8/h8-9H,2-7,11H2,1H3. The van der Waals surface area contributed by atoms with Crippen molar-refractivity contribution in [2.75, 3.05) is 13.7 Å². The largest absolute Gasteiger partial charge is 0.468 e. The molecule has 1 rings (SSSR count). The molecule has 0 aromatic heterocycles. The zero-order valence-corrected chi connectivity index (χ0v) is 8.70. The molecule has 82 valence electrons. The van der Waals surface area contributed by atoms with Crippen LogP contribution >= 0.6 is 0 Å². The zero-order valence-electron chi connectivity index (χ0n) is 8.70. The number of esters is 1. The van der Waals surface area contributed by atoms with E-state index in [4.69, 9.17) is 10.5 Å². The molecule has 0 amide bonds. The minimum absolute atomic E-state index is 0.275. The quantitative estimate of drug-likeness (QED) is 0.684. The van der Waals surface area contributed by atoms with Gasteiger partial charge in [0.2, 0.25) is 0 Å². The van der Waals surface area contributed by atoms with Crippen LogP contribution in [0.1, 0.15) is 32.1 Å². The fourth-order valence-electron chi connectivity index (χ4n) is 1.69. The molecule has 1 aliphatic carbocycles. The molecule has 4 heteroatoms. The van der Waals surface area contributed by atoms with Crippen molar-refractivity contribution in [2.24, 2.45) is 5.73 Å². The second-order valence-electron chi connectivity index (χ2n) is 3.72. The number of carbonyl (C=O) groups excluding carboxylic acids is 1. The van der Waals surface area contributed by atoms with E-state index in [1.165, 1.54) is 26.4 Å². The summed E-state index contributed by atoms with van der Waals surface area (Å²) in [5, 5.41) is 0. The molecular weight excluding hydrogens is 182 g/mol. The van der Waals surface area contributed by atoms with Gasteiger partial charge in [0.1, 0.15) is 6.04 Å². The first-order valence-electron chi connectivity index (χ1n) is 5.19. The van der Waals surface area contributed by atoms with Crippen LogP contribution in [-0.2, 0) is 14.3 Å². The molecule has 1 atom stereocenters. The number of carbonyl (C=O) groups is 1. The summed E-state index contributed by atoms with van der Waals surface area (Å²) < 4.78 is 10.0. The van der Waals surface area contributed by atoms with Gasteiger partial charge in [-0.15, -0.1) is 0 Å². The van der Waals surface area contributed by atoms with Crippen molar-refractivity contribution in [3.05, 3.63) is 0 Å². The number of rotatable bonds is 4. The Kier molecular flexibility index (Phi) is 4.90. The highest BCUT2D eigenvalue weighted by Gasteiger charge is 2.18. The van der Waals surface area contributed by atoms with Crippen LogP contribution in [0.15, 0.2) is 0 Å². The fraction of sp³-hybridized carbons (Fsp3) is 0.900. The maximum atomic E-state index is 11.0. The Morgan fingerprint density at radius 3 is 2.64 bits per heavy atom. The molecule has 1 aliphatic rings. The topological polar surface area (TPSA) is 61.5 Å². The molecule has 0 aromatic carbocycles. The molecule has 0 bridgehead atoms. The molecule has 1 fully saturated rings. The van der Waals surface area contributed by atoms with Crippen LogP contribution in [0.25, 0.3) is 0 Å². The van der Waals surface area contributed by atoms with Crippen LogP contribution < -0.4 is 5.73 Å². The highest BCUT2D eigenvalue weighted by atomic mass is 16.5. The Hall–Kier alpha value is -0.610. The van der Waals surface area contributed by atoms with Gasteiger partial charge in [0.15, 0.2) is 0 Å². The van der Waals surface area contributed by atoms with Gasteiger partial charge in [0.25, 0.3) is 0 Å². The maximum Gasteiger partial charge on any atom is 0.325 e. The van der Waals surface area contributed by atoms with E-state index >= 15 is 0 Å². The average Bonchev–Trinajstić information content (AvgIpc) is 2.26. The summed E-state index contributed by atoms with van der Waals surface area (Å²) in [5.41, 5.74) is 5.55. The first-order valence-corrected chi connectivity index (χ1v) is 5.19. The third kappa shape index (κ3) is 3.64. The summed E-state index contributed by atoms with van der Waals surface area (Å²) >= 11 is 0. The van der Waals surface area contributed by atoms with Crippen molar-refractivity contribution in [2.45, 2.75) is 44.2 Å². The molecule has 1 saturated carbocycles. The van der Waals surface area contributed by atoms with Crippen LogP contribution in [0.3, 0.4) is 0 Å². The summed E-state index contributed by atoms with van der Waals surface area (Å²) in [6.07, 6.45) is 6.21. The van der Waals surface area contributed by atoms with Crippen molar-refractivity contribution in [1.82, 2.24) is 0 Å². The smallest absolute Gasteiger partial charge is 0.325 e. The van der Waals surface area contributed by atoms with Gasteiger partial charge in [-0.1, -0.05) is 19.3 Å². The summed E-state index contributed by atoms with van der Waals surface area (Å²) in [6.45, 7) is 0.275. The first-order chi connectivity index (χ1) is 6.74. The number of methoxy groups -OCH3 is 1. The lowest BCUT2D eigenvalue weighted by atomic mass is 9.98. The van der Waals surface area contributed by atoms with Crippen molar-refractivity contribution in [1.29, 1.82) is 0 Å². The predicted octanol–water partition coefficient (Wildman–Crippen LogP) is 0.836. The molecule has 2 N–H and O–H groups in total. The Morgan fingerprint density at radius 2 is 2.07 bits per heavy atom. The SMILES string of the molecule is COC(=O)C(N)COC1CCCCC1. The number of hydrogen-bond donors (Lipinski definition) is 1. The van der Waals surface area contributed by atoms with Gasteiger partial charge in [-0.3, -0.25) is 4.79 Å². The van der Waals surface area contributed by atoms with Crippen molar-refractivity contribution in [3.63, 3.8) is 0 Å². The first kappa shape index (κ1) is 11.5. The van der Waals surface area contributed by atoms with E-state index in [-0.39, 0.29) is 6.61 Å². The molecule has 0 aliphatic heterocycles. The molecule has 0 aromatic rings. The minimum atomic E-state index is -0.637. The van der Waals surface area contributed by atoms with Gasteiger partial charge in [-0.25, -0.2) is 0 Å². The van der Waals surface area contributed by atoms with Crippen molar-refractivity contribution < 1.29 is 14.3 Å². The van der Waals surface area contributed by atoms with Gasteiger partial charge < -0.3 is 15.2 Å². The van der Waals surface area contributed by atoms with E-state index in [1.54, 1.807) is 0 Å². The number of nitrogens with two attached hydrogens (primary N) is 1. The molecule has 0 radical (unpaired) electrons. The second-order valence-corrected chi connectivity index (χ2v) is 3.72. The van der Waals surface area contributed by atoms with E-state index < -0.39 is 12.0 Å². The molecule has 0 saturated heterocycles. The summed E-state index contributed by atoms with van der Waals surface area (Å²) in [4.78, 5) is 11.0. The lowest BCUT2D eigenvalue weighted by Gasteiger charge is -2.23. The predicted molar refractivity (Wildman–Crippen MR) is 52.8 cm³/mol. The molecule has 14 heavy (non-hydrogen) atoms. The zero-order chi connectivity index (χ0) is 10.4. The van der Waals surface area contributed by atoms with Crippen LogP contribution in [-0.4, -0.2) is 31.8 Å². The Balaban J connectivity index is 2.15. The van der Waals surface area contributed by atoms with Gasteiger partial charge in [-0.2, -0.15) is 0 Å². The highest BCUT2D eigenvalue weighted by molar-refractivity contribution is 5.75. The summed E-state index contributed by atoms with van der Waals surface area (Å²) in [5.74, 6) is -0.402. The normalized spacial score (nSPS) is 20.4. The molecule has 0 spiro atoms. The fourth-order valence-corrected chi connectivity index (χ4v) is 1.69. The van der Waals surface area contributed by atoms with Crippen LogP contribution in [0.4, 0.5) is 0 Å². The van der Waals surface area contributed by atoms with Crippen LogP contribution in [0.5, 0.6) is 0 Å². The van der Waals surface area contributed by atoms with E-state index in [1.807, 2.05) is 0 Å². The van der Waals surface area contributed by atoms with E-state index in [0.29, 0.717) is 6.10 Å². The Labute approximate surface area is 84.7 Å². The average molecular weight is 201 g/mol. The Morgan fingerprint density at radius 1 is 1.43 bits per heavy atom. The van der Waals surface area contributed by atoms with Crippen LogP contribution in [0, 0.1) is 0 Å². The minimum Gasteiger partial charge on any atom is -0.468 e. The van der Waals surface area contributed by atoms with E-state index in [9.17, 15) is 4.79 Å². The lowest BCUT2D eigenvalue weighted by molar-refractivity contribution is -0.144. The maximum absolute atomic E-state index is 11.0. The molecular formula is C10H19NO3. The number of ether oxygens (including phenoxy) is 2. The van der Waals surface area contributed by atoms with E-state index in [0.717, 1.165) is 12.8 Å². The molecule has 4 nitrogen and oxygen atoms in total. The second kappa shape index (κ2) is 5.98. The van der Waals surface area contributed by atoms with Crippen LogP contribution in [0.2, 0.25) is 0 Å². The summed E-state index contributed by atoms with van der Waals surface area (Å²) in [6, 6.07) is -0.637. The third-order valence-corrected chi connectivity index (χ3v) is 2.57. The monoisotopic (exact) mass is 201 g/mol. The summed E-state index contributed by atoms with van der Waals surface area (Å²) in [7, 11) is 1.34. The van der Waals surface area contributed by atoms with Crippen molar-refractivity contribution in [3.8, 4) is 0 Å². The van der Waals surface area contributed by atoms with E-state index in [2.05, 4.69) is 4.74 Å². The lowest BCUT2D eigenvalue weighted by Crippen LogP contribution is -2.37. The van der Waals surface area contributed by atoms with Gasteiger partial charge in [0.05, 0.1) is 19.8 Å². The Bertz CT molecular complexity index is 178. The molecule has 1 unspecified atom stereocenters. The van der Waals surface area contributed by atoms with Gasteiger partial charge >= 0.3 is 5.97 Å². The van der Waals surface area contributed by atoms with Gasteiger partial charge in [0, 0.05) is 0 Å².